The normalized spacial score (nSPS) is 9.63. The number of hydrogen-bond acceptors (Lipinski definition) is 3. The van der Waals surface area contributed by atoms with Crippen LogP contribution in [0.2, 0.25) is 0 Å². The lowest BCUT2D eigenvalue weighted by molar-refractivity contribution is 0.0953. The Kier molecular flexibility index (Phi) is 4.25. The van der Waals surface area contributed by atoms with Crippen LogP contribution in [0.25, 0.3) is 0 Å². The Hall–Kier alpha value is -2.67. The highest BCUT2D eigenvalue weighted by molar-refractivity contribution is 5.94. The lowest BCUT2D eigenvalue weighted by atomic mass is 10.1. The first kappa shape index (κ1) is 12.8. The summed E-state index contributed by atoms with van der Waals surface area (Å²) in [6.45, 7) is 0.555. The molecule has 0 unspecified atom stereocenters. The molecule has 0 bridgehead atoms. The number of hydrogen-bond donors (Lipinski definition) is 1. The number of rotatable bonds is 4. The first-order valence-corrected chi connectivity index (χ1v) is 5.97. The number of benzene rings is 1. The maximum absolute atomic E-state index is 11.8. The van der Waals surface area contributed by atoms with Gasteiger partial charge < -0.3 is 5.32 Å². The van der Waals surface area contributed by atoms with Crippen molar-refractivity contribution >= 4 is 5.91 Å². The van der Waals surface area contributed by atoms with Crippen LogP contribution >= 0.6 is 0 Å². The van der Waals surface area contributed by atoms with E-state index in [-0.39, 0.29) is 5.91 Å². The Balaban J connectivity index is 1.89. The number of carbonyl (C=O) groups excluding carboxylic acids is 1. The van der Waals surface area contributed by atoms with Gasteiger partial charge in [-0.15, -0.1) is 0 Å². The zero-order valence-electron chi connectivity index (χ0n) is 10.3. The van der Waals surface area contributed by atoms with Crippen molar-refractivity contribution in [2.45, 2.75) is 6.42 Å². The summed E-state index contributed by atoms with van der Waals surface area (Å²) in [5.74, 6) is -0.208. The lowest BCUT2D eigenvalue weighted by Gasteiger charge is -2.05. The molecule has 4 heteroatoms. The second-order valence-corrected chi connectivity index (χ2v) is 4.07. The molecule has 4 nitrogen and oxygen atoms in total. The van der Waals surface area contributed by atoms with Crippen molar-refractivity contribution in [2.75, 3.05) is 6.54 Å². The molecule has 1 heterocycles. The summed E-state index contributed by atoms with van der Waals surface area (Å²) in [6.07, 6.45) is 3.66. The summed E-state index contributed by atoms with van der Waals surface area (Å²) in [5, 5.41) is 11.6. The summed E-state index contributed by atoms with van der Waals surface area (Å²) in [7, 11) is 0. The molecule has 0 saturated heterocycles. The SMILES string of the molecule is N#Cc1cncc(C(=O)NCCc2ccccc2)c1. The number of nitrogens with zero attached hydrogens (tertiary/aromatic N) is 2. The Bertz CT molecular complexity index is 602. The van der Waals surface area contributed by atoms with Crippen LogP contribution in [-0.2, 0) is 6.42 Å². The van der Waals surface area contributed by atoms with Crippen LogP contribution in [0.1, 0.15) is 21.5 Å². The molecule has 0 atom stereocenters. The smallest absolute Gasteiger partial charge is 0.252 e. The predicted molar refractivity (Wildman–Crippen MR) is 71.4 cm³/mol. The zero-order chi connectivity index (χ0) is 13.5. The van der Waals surface area contributed by atoms with E-state index in [4.69, 9.17) is 5.26 Å². The Labute approximate surface area is 111 Å². The molecular formula is C15H13N3O. The average Bonchev–Trinajstić information content (AvgIpc) is 2.48. The van der Waals surface area contributed by atoms with E-state index in [0.29, 0.717) is 17.7 Å². The second-order valence-electron chi connectivity index (χ2n) is 4.07. The zero-order valence-corrected chi connectivity index (χ0v) is 10.3. The third-order valence-corrected chi connectivity index (χ3v) is 2.67. The molecular weight excluding hydrogens is 238 g/mol. The van der Waals surface area contributed by atoms with Crippen LogP contribution in [0.3, 0.4) is 0 Å². The fraction of sp³-hybridized carbons (Fsp3) is 0.133. The fourth-order valence-electron chi connectivity index (χ4n) is 1.69. The molecule has 2 aromatic rings. The summed E-state index contributed by atoms with van der Waals surface area (Å²) in [5.41, 5.74) is 1.97. The van der Waals surface area contributed by atoms with Gasteiger partial charge in [-0.3, -0.25) is 9.78 Å². The number of nitriles is 1. The van der Waals surface area contributed by atoms with Crippen LogP contribution in [0.4, 0.5) is 0 Å². The largest absolute Gasteiger partial charge is 0.352 e. The van der Waals surface area contributed by atoms with Gasteiger partial charge in [-0.1, -0.05) is 30.3 Å². The molecule has 1 aromatic carbocycles. The van der Waals surface area contributed by atoms with E-state index in [1.165, 1.54) is 24.0 Å². The van der Waals surface area contributed by atoms with Crippen molar-refractivity contribution in [1.29, 1.82) is 5.26 Å². The highest BCUT2D eigenvalue weighted by atomic mass is 16.1. The molecule has 0 fully saturated rings. The lowest BCUT2D eigenvalue weighted by Crippen LogP contribution is -2.25. The van der Waals surface area contributed by atoms with Crippen molar-refractivity contribution in [1.82, 2.24) is 10.3 Å². The Morgan fingerprint density at radius 3 is 2.79 bits per heavy atom. The third kappa shape index (κ3) is 3.65. The van der Waals surface area contributed by atoms with Crippen LogP contribution in [-0.4, -0.2) is 17.4 Å². The number of carbonyl (C=O) groups is 1. The number of pyridine rings is 1. The molecule has 19 heavy (non-hydrogen) atoms. The van der Waals surface area contributed by atoms with E-state index in [9.17, 15) is 4.79 Å². The summed E-state index contributed by atoms with van der Waals surface area (Å²) in [6, 6.07) is 13.4. The van der Waals surface area contributed by atoms with Gasteiger partial charge in [0.05, 0.1) is 11.1 Å². The van der Waals surface area contributed by atoms with Gasteiger partial charge in [0.2, 0.25) is 0 Å². The molecule has 0 aliphatic heterocycles. The molecule has 94 valence electrons. The van der Waals surface area contributed by atoms with Gasteiger partial charge in [0, 0.05) is 18.9 Å². The second kappa shape index (κ2) is 6.31. The molecule has 1 aromatic heterocycles. The van der Waals surface area contributed by atoms with Gasteiger partial charge in [0.15, 0.2) is 0 Å². The maximum Gasteiger partial charge on any atom is 0.252 e. The average molecular weight is 251 g/mol. The summed E-state index contributed by atoms with van der Waals surface area (Å²) in [4.78, 5) is 15.7. The number of aromatic nitrogens is 1. The van der Waals surface area contributed by atoms with Gasteiger partial charge in [0.25, 0.3) is 5.91 Å². The standard InChI is InChI=1S/C15H13N3O/c16-9-13-8-14(11-17-10-13)15(19)18-7-6-12-4-2-1-3-5-12/h1-5,8,10-11H,6-7H2,(H,18,19). The van der Waals surface area contributed by atoms with Crippen molar-refractivity contribution < 1.29 is 4.79 Å². The molecule has 0 radical (unpaired) electrons. The fourth-order valence-corrected chi connectivity index (χ4v) is 1.69. The van der Waals surface area contributed by atoms with Gasteiger partial charge in [-0.05, 0) is 18.1 Å². The molecule has 1 amide bonds. The summed E-state index contributed by atoms with van der Waals surface area (Å²) >= 11 is 0. The highest BCUT2D eigenvalue weighted by Crippen LogP contribution is 2.02. The van der Waals surface area contributed by atoms with E-state index >= 15 is 0 Å². The monoisotopic (exact) mass is 251 g/mol. The highest BCUT2D eigenvalue weighted by Gasteiger charge is 2.06. The molecule has 0 aliphatic carbocycles. The molecule has 1 N–H and O–H groups in total. The molecule has 0 saturated carbocycles. The maximum atomic E-state index is 11.8. The summed E-state index contributed by atoms with van der Waals surface area (Å²) < 4.78 is 0. The molecule has 2 rings (SSSR count). The Morgan fingerprint density at radius 1 is 1.26 bits per heavy atom. The van der Waals surface area contributed by atoms with E-state index in [1.807, 2.05) is 36.4 Å². The van der Waals surface area contributed by atoms with Crippen LogP contribution in [0, 0.1) is 11.3 Å². The van der Waals surface area contributed by atoms with Crippen LogP contribution in [0.5, 0.6) is 0 Å². The quantitative estimate of drug-likeness (QED) is 0.902. The van der Waals surface area contributed by atoms with Crippen LogP contribution in [0.15, 0.2) is 48.8 Å². The van der Waals surface area contributed by atoms with E-state index in [0.717, 1.165) is 6.42 Å². The van der Waals surface area contributed by atoms with E-state index < -0.39 is 0 Å². The van der Waals surface area contributed by atoms with Crippen molar-refractivity contribution in [3.05, 3.63) is 65.5 Å². The van der Waals surface area contributed by atoms with E-state index in [1.54, 1.807) is 0 Å². The minimum absolute atomic E-state index is 0.208. The minimum Gasteiger partial charge on any atom is -0.352 e. The topological polar surface area (TPSA) is 65.8 Å². The van der Waals surface area contributed by atoms with Crippen LogP contribution < -0.4 is 5.32 Å². The van der Waals surface area contributed by atoms with Crippen molar-refractivity contribution in [2.24, 2.45) is 0 Å². The van der Waals surface area contributed by atoms with Crippen molar-refractivity contribution in [3.8, 4) is 6.07 Å². The third-order valence-electron chi connectivity index (χ3n) is 2.67. The minimum atomic E-state index is -0.208. The first-order valence-electron chi connectivity index (χ1n) is 5.97. The molecule has 0 aliphatic rings. The predicted octanol–water partition coefficient (Wildman–Crippen LogP) is 1.93. The van der Waals surface area contributed by atoms with Crippen molar-refractivity contribution in [3.63, 3.8) is 0 Å². The van der Waals surface area contributed by atoms with Gasteiger partial charge in [-0.2, -0.15) is 5.26 Å². The van der Waals surface area contributed by atoms with Gasteiger partial charge >= 0.3 is 0 Å². The number of amides is 1. The van der Waals surface area contributed by atoms with Gasteiger partial charge in [-0.25, -0.2) is 0 Å². The molecule has 0 spiro atoms. The van der Waals surface area contributed by atoms with E-state index in [2.05, 4.69) is 10.3 Å². The first-order chi connectivity index (χ1) is 9.29. The number of nitrogens with one attached hydrogen (secondary N) is 1. The Morgan fingerprint density at radius 2 is 2.05 bits per heavy atom. The van der Waals surface area contributed by atoms with Gasteiger partial charge in [0.1, 0.15) is 6.07 Å².